The van der Waals surface area contributed by atoms with E-state index in [-0.39, 0.29) is 17.6 Å². The van der Waals surface area contributed by atoms with Crippen LogP contribution in [0.3, 0.4) is 0 Å². The van der Waals surface area contributed by atoms with Crippen molar-refractivity contribution in [3.63, 3.8) is 0 Å². The smallest absolute Gasteiger partial charge is 0.381 e. The van der Waals surface area contributed by atoms with E-state index in [1.807, 2.05) is 0 Å². The van der Waals surface area contributed by atoms with Crippen LogP contribution in [-0.2, 0) is 10.9 Å². The molecule has 5 rings (SSSR count). The van der Waals surface area contributed by atoms with Crippen LogP contribution in [0.5, 0.6) is 0 Å². The van der Waals surface area contributed by atoms with Gasteiger partial charge in [-0.3, -0.25) is 5.10 Å². The largest absolute Gasteiger partial charge is 0.420 e. The van der Waals surface area contributed by atoms with Crippen molar-refractivity contribution >= 4 is 5.82 Å². The second kappa shape index (κ2) is 8.62. The molecule has 1 aliphatic carbocycles. The van der Waals surface area contributed by atoms with E-state index in [2.05, 4.69) is 30.6 Å². The lowest BCUT2D eigenvalue weighted by Gasteiger charge is -2.28. The summed E-state index contributed by atoms with van der Waals surface area (Å²) in [4.78, 5) is 2.55. The first-order valence-corrected chi connectivity index (χ1v) is 11.4. The van der Waals surface area contributed by atoms with Gasteiger partial charge in [0, 0.05) is 50.7 Å². The molecule has 0 spiro atoms. The number of hydrogen-bond acceptors (Lipinski definition) is 6. The summed E-state index contributed by atoms with van der Waals surface area (Å²) in [6, 6.07) is 1.06. The van der Waals surface area contributed by atoms with Crippen LogP contribution in [0, 0.1) is 24.7 Å². The van der Waals surface area contributed by atoms with Gasteiger partial charge in [0.05, 0.1) is 11.4 Å². The Hall–Kier alpha value is -2.20. The van der Waals surface area contributed by atoms with Crippen LogP contribution in [0.2, 0.25) is 0 Å². The van der Waals surface area contributed by atoms with Crippen molar-refractivity contribution in [2.24, 2.45) is 17.8 Å². The average molecular weight is 451 g/mol. The number of aryl methyl sites for hydroxylation is 1. The highest BCUT2D eigenvalue weighted by Crippen LogP contribution is 2.41. The number of ether oxygens (including phenoxy) is 1. The Kier molecular flexibility index (Phi) is 5.83. The molecule has 2 aromatic heterocycles. The topological polar surface area (TPSA) is 79.0 Å². The average Bonchev–Trinajstić information content (AvgIpc) is 3.43. The Labute approximate surface area is 185 Å². The zero-order valence-electron chi connectivity index (χ0n) is 18.2. The summed E-state index contributed by atoms with van der Waals surface area (Å²) in [7, 11) is 0. The summed E-state index contributed by atoms with van der Waals surface area (Å²) in [6.45, 7) is 6.63. The van der Waals surface area contributed by atoms with Crippen molar-refractivity contribution in [2.45, 2.75) is 44.8 Å². The number of halogens is 3. The van der Waals surface area contributed by atoms with Gasteiger partial charge in [-0.1, -0.05) is 0 Å². The maximum atomic E-state index is 13.8. The van der Waals surface area contributed by atoms with Gasteiger partial charge in [-0.15, -0.1) is 10.2 Å². The number of nitrogens with one attached hydrogen (secondary N) is 2. The Bertz CT molecular complexity index is 928. The van der Waals surface area contributed by atoms with E-state index < -0.39 is 11.7 Å². The molecule has 2 aromatic rings. The molecule has 0 radical (unpaired) electrons. The highest BCUT2D eigenvalue weighted by molar-refractivity contribution is 5.63. The minimum Gasteiger partial charge on any atom is -0.381 e. The van der Waals surface area contributed by atoms with Gasteiger partial charge in [0.15, 0.2) is 5.82 Å². The van der Waals surface area contributed by atoms with Crippen molar-refractivity contribution in [2.75, 3.05) is 38.2 Å². The van der Waals surface area contributed by atoms with E-state index in [0.29, 0.717) is 29.0 Å². The molecule has 3 fully saturated rings. The lowest BCUT2D eigenvalue weighted by Crippen LogP contribution is -2.32. The third kappa shape index (κ3) is 4.47. The van der Waals surface area contributed by atoms with E-state index in [4.69, 9.17) is 4.74 Å². The van der Waals surface area contributed by atoms with Crippen LogP contribution in [0.1, 0.15) is 36.9 Å². The summed E-state index contributed by atoms with van der Waals surface area (Å²) in [5.74, 6) is 1.59. The zero-order chi connectivity index (χ0) is 22.3. The first kappa shape index (κ1) is 21.6. The summed E-state index contributed by atoms with van der Waals surface area (Å²) < 4.78 is 46.9. The Balaban J connectivity index is 1.24. The molecule has 0 aromatic carbocycles. The van der Waals surface area contributed by atoms with E-state index in [0.717, 1.165) is 64.6 Å². The van der Waals surface area contributed by atoms with Crippen LogP contribution in [-0.4, -0.2) is 64.2 Å². The van der Waals surface area contributed by atoms with Crippen molar-refractivity contribution in [3.8, 4) is 11.3 Å². The van der Waals surface area contributed by atoms with Crippen LogP contribution in [0.15, 0.2) is 12.3 Å². The number of alkyl halides is 3. The summed E-state index contributed by atoms with van der Waals surface area (Å²) in [5.41, 5.74) is 0.499. The van der Waals surface area contributed by atoms with E-state index in [9.17, 15) is 13.2 Å². The van der Waals surface area contributed by atoms with Crippen LogP contribution in [0.4, 0.5) is 19.0 Å². The number of hydrogen-bond donors (Lipinski definition) is 2. The Morgan fingerprint density at radius 2 is 1.88 bits per heavy atom. The maximum Gasteiger partial charge on any atom is 0.420 e. The first-order chi connectivity index (χ1) is 15.4. The van der Waals surface area contributed by atoms with Gasteiger partial charge in [0.1, 0.15) is 5.56 Å². The highest BCUT2D eigenvalue weighted by Gasteiger charge is 2.43. The molecule has 2 aliphatic heterocycles. The lowest BCUT2D eigenvalue weighted by molar-refractivity contribution is -0.137. The van der Waals surface area contributed by atoms with Crippen molar-refractivity contribution in [1.29, 1.82) is 0 Å². The van der Waals surface area contributed by atoms with Crippen molar-refractivity contribution < 1.29 is 17.9 Å². The number of fused-ring (bicyclic) bond motifs is 1. The molecule has 4 heterocycles. The minimum absolute atomic E-state index is 0.00728. The number of likely N-dealkylation sites (tertiary alicyclic amines) is 1. The molecular formula is C22H29F3N6O. The monoisotopic (exact) mass is 450 g/mol. The molecule has 0 unspecified atom stereocenters. The van der Waals surface area contributed by atoms with Gasteiger partial charge in [-0.25, -0.2) is 0 Å². The van der Waals surface area contributed by atoms with Crippen molar-refractivity contribution in [1.82, 2.24) is 25.3 Å². The minimum atomic E-state index is -4.51. The number of aromatic amines is 1. The fourth-order valence-electron chi connectivity index (χ4n) is 5.62. The molecule has 3 aliphatic rings. The molecule has 2 saturated heterocycles. The normalized spacial score (nSPS) is 27.1. The summed E-state index contributed by atoms with van der Waals surface area (Å²) in [6.07, 6.45) is 1.02. The van der Waals surface area contributed by atoms with Gasteiger partial charge in [-0.2, -0.15) is 18.3 Å². The lowest BCUT2D eigenvalue weighted by atomic mass is 10.00. The second-order valence-corrected chi connectivity index (χ2v) is 9.48. The first-order valence-electron chi connectivity index (χ1n) is 11.4. The van der Waals surface area contributed by atoms with Crippen LogP contribution < -0.4 is 5.32 Å². The Morgan fingerprint density at radius 3 is 2.50 bits per heavy atom. The number of rotatable bonds is 5. The van der Waals surface area contributed by atoms with Gasteiger partial charge in [-0.05, 0) is 56.4 Å². The fourth-order valence-corrected chi connectivity index (χ4v) is 5.62. The maximum absolute atomic E-state index is 13.8. The molecule has 3 atom stereocenters. The van der Waals surface area contributed by atoms with E-state index in [1.165, 1.54) is 6.20 Å². The quantitative estimate of drug-likeness (QED) is 0.723. The van der Waals surface area contributed by atoms with Gasteiger partial charge < -0.3 is 15.0 Å². The molecule has 0 bridgehead atoms. The molecule has 2 N–H and O–H groups in total. The SMILES string of the molecule is Cc1n[nH]cc1-c1cc(C(F)(F)F)c(N[C@H]2C[C@@H]3CN(CC4CCOCC4)C[C@@H]3C2)nn1. The molecule has 7 nitrogen and oxygen atoms in total. The molecule has 174 valence electrons. The number of H-pyrrole nitrogens is 1. The van der Waals surface area contributed by atoms with Crippen LogP contribution in [0.25, 0.3) is 11.3 Å². The standard InChI is InChI=1S/C22H29F3N6O/c1-13-18(9-26-28-13)20-8-19(22(23,24)25)21(30-29-20)27-17-6-15-11-31(12-16(15)7-17)10-14-2-4-32-5-3-14/h8-9,14-17H,2-7,10-12H2,1H3,(H,26,28)(H,27,30)/t15-,16+,17+. The third-order valence-corrected chi connectivity index (χ3v) is 7.23. The van der Waals surface area contributed by atoms with Crippen LogP contribution >= 0.6 is 0 Å². The zero-order valence-corrected chi connectivity index (χ0v) is 18.2. The number of anilines is 1. The van der Waals surface area contributed by atoms with Gasteiger partial charge in [0.2, 0.25) is 0 Å². The van der Waals surface area contributed by atoms with E-state index in [1.54, 1.807) is 6.92 Å². The second-order valence-electron chi connectivity index (χ2n) is 9.48. The molecule has 1 saturated carbocycles. The third-order valence-electron chi connectivity index (χ3n) is 7.23. The molecule has 32 heavy (non-hydrogen) atoms. The summed E-state index contributed by atoms with van der Waals surface area (Å²) >= 11 is 0. The molecular weight excluding hydrogens is 421 g/mol. The number of aromatic nitrogens is 4. The van der Waals surface area contributed by atoms with Crippen molar-refractivity contribution in [3.05, 3.63) is 23.5 Å². The molecule has 0 amide bonds. The Morgan fingerprint density at radius 1 is 1.16 bits per heavy atom. The molecule has 10 heteroatoms. The predicted molar refractivity (Wildman–Crippen MR) is 113 cm³/mol. The highest BCUT2D eigenvalue weighted by atomic mass is 19.4. The van der Waals surface area contributed by atoms with Gasteiger partial charge in [0.25, 0.3) is 0 Å². The van der Waals surface area contributed by atoms with Gasteiger partial charge >= 0.3 is 6.18 Å². The summed E-state index contributed by atoms with van der Waals surface area (Å²) in [5, 5.41) is 17.7. The fraction of sp³-hybridized carbons (Fsp3) is 0.682. The predicted octanol–water partition coefficient (Wildman–Crippen LogP) is 3.74. The van der Waals surface area contributed by atoms with E-state index >= 15 is 0 Å². The number of nitrogens with zero attached hydrogens (tertiary/aromatic N) is 4.